The molecule has 0 aliphatic carbocycles. The van der Waals surface area contributed by atoms with Gasteiger partial charge in [0.15, 0.2) is 0 Å². The Bertz CT molecular complexity index is 539. The highest BCUT2D eigenvalue weighted by molar-refractivity contribution is 7.90. The highest BCUT2D eigenvalue weighted by Crippen LogP contribution is 2.24. The number of aryl methyl sites for hydroxylation is 1. The third-order valence-electron chi connectivity index (χ3n) is 3.52. The molecule has 0 amide bonds. The van der Waals surface area contributed by atoms with Crippen LogP contribution < -0.4 is 10.0 Å². The Hall–Kier alpha value is -1.11. The highest BCUT2D eigenvalue weighted by Gasteiger charge is 2.31. The molecule has 0 saturated carbocycles. The Morgan fingerprint density at radius 2 is 2.00 bits per heavy atom. The quantitative estimate of drug-likeness (QED) is 0.865. The Labute approximate surface area is 121 Å². The summed E-state index contributed by atoms with van der Waals surface area (Å²) in [4.78, 5) is 0. The first-order valence-corrected chi connectivity index (χ1v) is 8.50. The number of hydrogen-bond acceptors (Lipinski definition) is 3. The minimum Gasteiger partial charge on any atom is -0.330 e. The summed E-state index contributed by atoms with van der Waals surface area (Å²) in [5, 5.41) is 0. The van der Waals surface area contributed by atoms with Crippen molar-refractivity contribution < 1.29 is 8.42 Å². The number of benzene rings is 1. The summed E-state index contributed by atoms with van der Waals surface area (Å²) in [7, 11) is -3.43. The molecule has 0 atom stereocenters. The number of nitrogens with zero attached hydrogens (tertiary/aromatic N) is 2. The number of rotatable bonds is 6. The fraction of sp³-hybridized carbons (Fsp3) is 0.571. The SMILES string of the molecule is Cc1cccc(N(CCCN)S(=O)(=O)N2CCCC2)c1. The van der Waals surface area contributed by atoms with Crippen molar-refractivity contribution in [3.05, 3.63) is 29.8 Å². The van der Waals surface area contributed by atoms with Gasteiger partial charge >= 0.3 is 10.2 Å². The minimum absolute atomic E-state index is 0.429. The zero-order valence-corrected chi connectivity index (χ0v) is 12.8. The van der Waals surface area contributed by atoms with Gasteiger partial charge in [0.2, 0.25) is 0 Å². The molecule has 1 fully saturated rings. The second-order valence-corrected chi connectivity index (χ2v) is 7.02. The topological polar surface area (TPSA) is 66.6 Å². The van der Waals surface area contributed by atoms with E-state index in [1.807, 2.05) is 31.2 Å². The maximum Gasteiger partial charge on any atom is 0.304 e. The average molecular weight is 297 g/mol. The van der Waals surface area contributed by atoms with Crippen LogP contribution >= 0.6 is 0 Å². The molecule has 0 bridgehead atoms. The third kappa shape index (κ3) is 3.31. The molecular formula is C14H23N3O2S. The number of hydrogen-bond donors (Lipinski definition) is 1. The zero-order chi connectivity index (χ0) is 14.6. The van der Waals surface area contributed by atoms with Gasteiger partial charge in [0.25, 0.3) is 0 Å². The van der Waals surface area contributed by atoms with E-state index in [0.717, 1.165) is 24.1 Å². The monoisotopic (exact) mass is 297 g/mol. The van der Waals surface area contributed by atoms with Gasteiger partial charge in [-0.2, -0.15) is 12.7 Å². The Morgan fingerprint density at radius 3 is 2.60 bits per heavy atom. The highest BCUT2D eigenvalue weighted by atomic mass is 32.2. The van der Waals surface area contributed by atoms with Crippen LogP contribution in [0.1, 0.15) is 24.8 Å². The molecule has 5 nitrogen and oxygen atoms in total. The maximum atomic E-state index is 12.8. The van der Waals surface area contributed by atoms with Crippen molar-refractivity contribution in [2.75, 3.05) is 30.5 Å². The van der Waals surface area contributed by atoms with E-state index in [4.69, 9.17) is 5.73 Å². The molecule has 1 heterocycles. The van der Waals surface area contributed by atoms with Gasteiger partial charge in [-0.1, -0.05) is 12.1 Å². The van der Waals surface area contributed by atoms with Crippen molar-refractivity contribution in [1.29, 1.82) is 0 Å². The smallest absolute Gasteiger partial charge is 0.304 e. The van der Waals surface area contributed by atoms with Crippen molar-refractivity contribution in [3.63, 3.8) is 0 Å². The van der Waals surface area contributed by atoms with Gasteiger partial charge < -0.3 is 5.73 Å². The summed E-state index contributed by atoms with van der Waals surface area (Å²) in [6.07, 6.45) is 2.54. The Balaban J connectivity index is 2.31. The molecule has 112 valence electrons. The van der Waals surface area contributed by atoms with E-state index in [1.54, 1.807) is 4.31 Å². The van der Waals surface area contributed by atoms with Gasteiger partial charge in [-0.25, -0.2) is 0 Å². The van der Waals surface area contributed by atoms with Crippen LogP contribution in [0.4, 0.5) is 5.69 Å². The van der Waals surface area contributed by atoms with Crippen LogP contribution in [0.25, 0.3) is 0 Å². The first-order chi connectivity index (χ1) is 9.55. The molecule has 0 aromatic heterocycles. The molecule has 6 heteroatoms. The molecule has 1 aromatic carbocycles. The van der Waals surface area contributed by atoms with E-state index in [0.29, 0.717) is 32.6 Å². The lowest BCUT2D eigenvalue weighted by Crippen LogP contribution is -2.43. The first-order valence-electron chi connectivity index (χ1n) is 7.10. The Kier molecular flexibility index (Phi) is 5.01. The van der Waals surface area contributed by atoms with E-state index in [-0.39, 0.29) is 0 Å². The minimum atomic E-state index is -3.43. The van der Waals surface area contributed by atoms with E-state index in [9.17, 15) is 8.42 Å². The van der Waals surface area contributed by atoms with Gasteiger partial charge in [0.05, 0.1) is 5.69 Å². The Morgan fingerprint density at radius 1 is 1.30 bits per heavy atom. The molecule has 2 rings (SSSR count). The third-order valence-corrected chi connectivity index (χ3v) is 5.49. The second-order valence-electron chi connectivity index (χ2n) is 5.17. The van der Waals surface area contributed by atoms with Gasteiger partial charge in [0.1, 0.15) is 0 Å². The summed E-state index contributed by atoms with van der Waals surface area (Å²) in [6, 6.07) is 7.61. The van der Waals surface area contributed by atoms with Gasteiger partial charge in [0, 0.05) is 19.6 Å². The van der Waals surface area contributed by atoms with E-state index in [2.05, 4.69) is 0 Å². The van der Waals surface area contributed by atoms with E-state index in [1.165, 1.54) is 4.31 Å². The molecule has 0 radical (unpaired) electrons. The summed E-state index contributed by atoms with van der Waals surface area (Å²) in [5.41, 5.74) is 7.33. The second kappa shape index (κ2) is 6.56. The maximum absolute atomic E-state index is 12.8. The van der Waals surface area contributed by atoms with Crippen LogP contribution in [0.3, 0.4) is 0 Å². The van der Waals surface area contributed by atoms with Crippen molar-refractivity contribution in [3.8, 4) is 0 Å². The lowest BCUT2D eigenvalue weighted by atomic mass is 10.2. The normalized spacial score (nSPS) is 16.5. The van der Waals surface area contributed by atoms with Crippen LogP contribution in [-0.2, 0) is 10.2 Å². The molecule has 1 aliphatic heterocycles. The van der Waals surface area contributed by atoms with E-state index < -0.39 is 10.2 Å². The van der Waals surface area contributed by atoms with Gasteiger partial charge in [-0.3, -0.25) is 4.31 Å². The average Bonchev–Trinajstić information content (AvgIpc) is 2.93. The van der Waals surface area contributed by atoms with E-state index >= 15 is 0 Å². The number of anilines is 1. The van der Waals surface area contributed by atoms with Crippen LogP contribution in [0, 0.1) is 6.92 Å². The fourth-order valence-electron chi connectivity index (χ4n) is 2.45. The van der Waals surface area contributed by atoms with Crippen molar-refractivity contribution in [1.82, 2.24) is 4.31 Å². The lowest BCUT2D eigenvalue weighted by molar-refractivity contribution is 0.472. The number of nitrogens with two attached hydrogens (primary N) is 1. The van der Waals surface area contributed by atoms with Crippen LogP contribution in [-0.4, -0.2) is 38.9 Å². The molecule has 0 spiro atoms. The summed E-state index contributed by atoms with van der Waals surface area (Å²) in [6.45, 7) is 4.12. The molecule has 2 N–H and O–H groups in total. The van der Waals surface area contributed by atoms with Crippen molar-refractivity contribution in [2.45, 2.75) is 26.2 Å². The van der Waals surface area contributed by atoms with Crippen LogP contribution in [0.5, 0.6) is 0 Å². The van der Waals surface area contributed by atoms with Crippen molar-refractivity contribution in [2.24, 2.45) is 5.73 Å². The summed E-state index contributed by atoms with van der Waals surface area (Å²) < 4.78 is 28.6. The standard InChI is InChI=1S/C14H23N3O2S/c1-13-6-4-7-14(12-13)17(11-5-8-15)20(18,19)16-9-2-3-10-16/h4,6-7,12H,2-3,5,8-11,15H2,1H3. The zero-order valence-electron chi connectivity index (χ0n) is 12.0. The first kappa shape index (κ1) is 15.3. The summed E-state index contributed by atoms with van der Waals surface area (Å²) >= 11 is 0. The predicted molar refractivity (Wildman–Crippen MR) is 81.9 cm³/mol. The van der Waals surface area contributed by atoms with Gasteiger partial charge in [-0.05, 0) is 50.4 Å². The largest absolute Gasteiger partial charge is 0.330 e. The van der Waals surface area contributed by atoms with Crippen molar-refractivity contribution >= 4 is 15.9 Å². The van der Waals surface area contributed by atoms with Crippen LogP contribution in [0.15, 0.2) is 24.3 Å². The lowest BCUT2D eigenvalue weighted by Gasteiger charge is -2.29. The molecule has 0 unspecified atom stereocenters. The summed E-state index contributed by atoms with van der Waals surface area (Å²) in [5.74, 6) is 0. The molecule has 1 saturated heterocycles. The molecule has 20 heavy (non-hydrogen) atoms. The van der Waals surface area contributed by atoms with Crippen LogP contribution in [0.2, 0.25) is 0 Å². The molecule has 1 aliphatic rings. The molecule has 1 aromatic rings. The fourth-order valence-corrected chi connectivity index (χ4v) is 4.19. The van der Waals surface area contributed by atoms with Gasteiger partial charge in [-0.15, -0.1) is 0 Å². The molecular weight excluding hydrogens is 274 g/mol. The predicted octanol–water partition coefficient (Wildman–Crippen LogP) is 1.49.